The molecule has 0 unspecified atom stereocenters. The summed E-state index contributed by atoms with van der Waals surface area (Å²) in [5.74, 6) is -0.197. The van der Waals surface area contributed by atoms with Crippen LogP contribution in [0.1, 0.15) is 42.5 Å². The number of carbonyl (C=O) groups is 1. The van der Waals surface area contributed by atoms with Crippen molar-refractivity contribution in [3.63, 3.8) is 0 Å². The molecule has 0 spiro atoms. The molecule has 26 heavy (non-hydrogen) atoms. The smallest absolute Gasteiger partial charge is 0.310 e. The number of aryl methyl sites for hydroxylation is 1. The van der Waals surface area contributed by atoms with Gasteiger partial charge < -0.3 is 10.1 Å². The van der Waals surface area contributed by atoms with Gasteiger partial charge in [-0.3, -0.25) is 4.79 Å². The van der Waals surface area contributed by atoms with E-state index in [0.717, 1.165) is 42.5 Å². The largest absolute Gasteiger partial charge is 0.469 e. The average Bonchev–Trinajstić information content (AvgIpc) is 2.93. The molecule has 6 heteroatoms. The molecule has 1 heterocycles. The van der Waals surface area contributed by atoms with Gasteiger partial charge in [-0.05, 0) is 25.3 Å². The summed E-state index contributed by atoms with van der Waals surface area (Å²) < 4.78 is 6.80. The summed E-state index contributed by atoms with van der Waals surface area (Å²) in [6, 6.07) is 10.3. The van der Waals surface area contributed by atoms with Gasteiger partial charge in [0.1, 0.15) is 5.15 Å². The Morgan fingerprint density at radius 3 is 2.77 bits per heavy atom. The van der Waals surface area contributed by atoms with Crippen LogP contribution < -0.4 is 5.32 Å². The summed E-state index contributed by atoms with van der Waals surface area (Å²) in [5.41, 5.74) is 3.08. The molecule has 3 rings (SSSR count). The van der Waals surface area contributed by atoms with Gasteiger partial charge in [-0.1, -0.05) is 54.8 Å². The van der Waals surface area contributed by atoms with Crippen LogP contribution in [0.25, 0.3) is 0 Å². The Labute approximate surface area is 159 Å². The van der Waals surface area contributed by atoms with E-state index in [0.29, 0.717) is 18.2 Å². The molecule has 0 amide bonds. The van der Waals surface area contributed by atoms with Crippen LogP contribution >= 0.6 is 11.6 Å². The fourth-order valence-electron chi connectivity index (χ4n) is 3.69. The van der Waals surface area contributed by atoms with E-state index in [-0.39, 0.29) is 17.9 Å². The van der Waals surface area contributed by atoms with E-state index >= 15 is 0 Å². The molecular weight excluding hydrogens is 350 g/mol. The van der Waals surface area contributed by atoms with Crippen LogP contribution in [0.15, 0.2) is 30.3 Å². The summed E-state index contributed by atoms with van der Waals surface area (Å²) in [5, 5.41) is 8.77. The van der Waals surface area contributed by atoms with Gasteiger partial charge in [0.2, 0.25) is 0 Å². The van der Waals surface area contributed by atoms with Crippen molar-refractivity contribution >= 4 is 17.6 Å². The minimum absolute atomic E-state index is 0.0767. The van der Waals surface area contributed by atoms with Crippen LogP contribution in [-0.2, 0) is 22.6 Å². The second-order valence-electron chi connectivity index (χ2n) is 6.90. The highest BCUT2D eigenvalue weighted by atomic mass is 35.5. The van der Waals surface area contributed by atoms with Crippen LogP contribution in [0.4, 0.5) is 0 Å². The minimum atomic E-state index is -0.121. The number of methoxy groups -OCH3 is 1. The Morgan fingerprint density at radius 2 is 2.04 bits per heavy atom. The van der Waals surface area contributed by atoms with Crippen molar-refractivity contribution in [2.75, 3.05) is 7.11 Å². The van der Waals surface area contributed by atoms with E-state index in [4.69, 9.17) is 16.3 Å². The first-order valence-electron chi connectivity index (χ1n) is 9.17. The average molecular weight is 376 g/mol. The number of nitrogens with one attached hydrogen (secondary N) is 1. The lowest BCUT2D eigenvalue weighted by atomic mass is 9.84. The molecule has 1 N–H and O–H groups in total. The SMILES string of the molecule is COC(=O)[C@@H]1CCCC[C@H]1NCc1c(C)nn(Cc2ccccc2)c1Cl. The van der Waals surface area contributed by atoms with Gasteiger partial charge in [0.05, 0.1) is 25.3 Å². The molecule has 1 aliphatic rings. The van der Waals surface area contributed by atoms with Crippen molar-refractivity contribution in [1.82, 2.24) is 15.1 Å². The van der Waals surface area contributed by atoms with Gasteiger partial charge in [0, 0.05) is 18.2 Å². The molecule has 0 saturated heterocycles. The number of aromatic nitrogens is 2. The number of hydrogen-bond acceptors (Lipinski definition) is 4. The summed E-state index contributed by atoms with van der Waals surface area (Å²) in [6.07, 6.45) is 4.07. The number of halogens is 1. The molecule has 1 aromatic carbocycles. The van der Waals surface area contributed by atoms with Gasteiger partial charge in [-0.15, -0.1) is 0 Å². The predicted molar refractivity (Wildman–Crippen MR) is 102 cm³/mol. The first-order chi connectivity index (χ1) is 12.6. The Hall–Kier alpha value is -1.85. The van der Waals surface area contributed by atoms with Gasteiger partial charge in [0.15, 0.2) is 0 Å². The molecule has 140 valence electrons. The Morgan fingerprint density at radius 1 is 1.31 bits per heavy atom. The number of carbonyl (C=O) groups excluding carboxylic acids is 1. The van der Waals surface area contributed by atoms with E-state index in [1.807, 2.05) is 29.8 Å². The highest BCUT2D eigenvalue weighted by molar-refractivity contribution is 6.30. The normalized spacial score (nSPS) is 20.1. The fourth-order valence-corrected chi connectivity index (χ4v) is 4.00. The summed E-state index contributed by atoms with van der Waals surface area (Å²) in [7, 11) is 1.46. The van der Waals surface area contributed by atoms with Crippen molar-refractivity contribution in [3.8, 4) is 0 Å². The molecule has 0 bridgehead atoms. The Kier molecular flexibility index (Phi) is 6.33. The summed E-state index contributed by atoms with van der Waals surface area (Å²) in [6.45, 7) is 3.23. The van der Waals surface area contributed by atoms with Crippen LogP contribution in [0.2, 0.25) is 5.15 Å². The highest BCUT2D eigenvalue weighted by Gasteiger charge is 2.31. The van der Waals surface area contributed by atoms with Crippen LogP contribution in [0.3, 0.4) is 0 Å². The number of ether oxygens (including phenoxy) is 1. The zero-order chi connectivity index (χ0) is 18.5. The number of rotatable bonds is 6. The zero-order valence-electron chi connectivity index (χ0n) is 15.4. The van der Waals surface area contributed by atoms with Crippen LogP contribution in [-0.4, -0.2) is 28.9 Å². The second-order valence-corrected chi connectivity index (χ2v) is 7.26. The monoisotopic (exact) mass is 375 g/mol. The molecule has 5 nitrogen and oxygen atoms in total. The third-order valence-electron chi connectivity index (χ3n) is 5.17. The fraction of sp³-hybridized carbons (Fsp3) is 0.500. The maximum atomic E-state index is 12.0. The zero-order valence-corrected chi connectivity index (χ0v) is 16.1. The number of hydrogen-bond donors (Lipinski definition) is 1. The van der Waals surface area contributed by atoms with E-state index < -0.39 is 0 Å². The first-order valence-corrected chi connectivity index (χ1v) is 9.55. The van der Waals surface area contributed by atoms with Crippen molar-refractivity contribution in [2.45, 2.75) is 51.7 Å². The van der Waals surface area contributed by atoms with E-state index in [9.17, 15) is 4.79 Å². The topological polar surface area (TPSA) is 56.1 Å². The molecule has 2 atom stereocenters. The van der Waals surface area contributed by atoms with Crippen molar-refractivity contribution in [3.05, 3.63) is 52.3 Å². The molecule has 0 aliphatic heterocycles. The standard InChI is InChI=1S/C20H26ClN3O2/c1-14-17(12-22-18-11-7-6-10-16(18)20(25)26-2)19(21)24(23-14)13-15-8-4-3-5-9-15/h3-5,8-9,16,18,22H,6-7,10-13H2,1-2H3/t16-,18-/m1/s1. The lowest BCUT2D eigenvalue weighted by molar-refractivity contribution is -0.147. The number of nitrogens with zero attached hydrogens (tertiary/aromatic N) is 2. The second kappa shape index (κ2) is 8.69. The Bertz CT molecular complexity index is 745. The van der Waals surface area contributed by atoms with Gasteiger partial charge in [-0.2, -0.15) is 5.10 Å². The highest BCUT2D eigenvalue weighted by Crippen LogP contribution is 2.27. The van der Waals surface area contributed by atoms with Crippen molar-refractivity contribution in [2.24, 2.45) is 5.92 Å². The summed E-state index contributed by atoms with van der Waals surface area (Å²) >= 11 is 6.59. The van der Waals surface area contributed by atoms with Crippen LogP contribution in [0.5, 0.6) is 0 Å². The van der Waals surface area contributed by atoms with E-state index in [1.165, 1.54) is 7.11 Å². The first kappa shape index (κ1) is 18.9. The molecule has 1 saturated carbocycles. The lowest BCUT2D eigenvalue weighted by Gasteiger charge is -2.30. The maximum absolute atomic E-state index is 12.0. The van der Waals surface area contributed by atoms with Gasteiger partial charge >= 0.3 is 5.97 Å². The van der Waals surface area contributed by atoms with Crippen molar-refractivity contribution in [1.29, 1.82) is 0 Å². The Balaban J connectivity index is 1.69. The van der Waals surface area contributed by atoms with E-state index in [1.54, 1.807) is 0 Å². The minimum Gasteiger partial charge on any atom is -0.469 e. The molecule has 1 aromatic heterocycles. The summed E-state index contributed by atoms with van der Waals surface area (Å²) in [4.78, 5) is 12.0. The maximum Gasteiger partial charge on any atom is 0.310 e. The lowest BCUT2D eigenvalue weighted by Crippen LogP contribution is -2.42. The molecule has 0 radical (unpaired) electrons. The number of esters is 1. The predicted octanol–water partition coefficient (Wildman–Crippen LogP) is 3.71. The van der Waals surface area contributed by atoms with Crippen LogP contribution in [0, 0.1) is 12.8 Å². The molecule has 1 aliphatic carbocycles. The number of benzene rings is 1. The molecular formula is C20H26ClN3O2. The third-order valence-corrected chi connectivity index (χ3v) is 5.59. The third kappa shape index (κ3) is 4.27. The van der Waals surface area contributed by atoms with E-state index in [2.05, 4.69) is 22.5 Å². The quantitative estimate of drug-likeness (QED) is 0.782. The molecule has 2 aromatic rings. The van der Waals surface area contributed by atoms with Crippen molar-refractivity contribution < 1.29 is 9.53 Å². The van der Waals surface area contributed by atoms with Gasteiger partial charge in [0.25, 0.3) is 0 Å². The molecule has 1 fully saturated rings. The van der Waals surface area contributed by atoms with Gasteiger partial charge in [-0.25, -0.2) is 4.68 Å².